The van der Waals surface area contributed by atoms with E-state index in [0.717, 1.165) is 24.2 Å². The number of anilines is 1. The minimum absolute atomic E-state index is 0.0210. The highest BCUT2D eigenvalue weighted by Gasteiger charge is 2.12. The van der Waals surface area contributed by atoms with Gasteiger partial charge in [0.25, 0.3) is 11.5 Å². The van der Waals surface area contributed by atoms with Gasteiger partial charge in [0, 0.05) is 29.9 Å². The maximum atomic E-state index is 10.9. The fourth-order valence-corrected chi connectivity index (χ4v) is 1.85. The van der Waals surface area contributed by atoms with E-state index < -0.39 is 4.92 Å². The van der Waals surface area contributed by atoms with E-state index in [0.29, 0.717) is 6.54 Å². The van der Waals surface area contributed by atoms with Crippen molar-refractivity contribution in [2.75, 3.05) is 11.9 Å². The zero-order valence-corrected chi connectivity index (χ0v) is 11.5. The summed E-state index contributed by atoms with van der Waals surface area (Å²) in [6, 6.07) is 6.50. The van der Waals surface area contributed by atoms with E-state index in [2.05, 4.69) is 15.4 Å². The van der Waals surface area contributed by atoms with Crippen molar-refractivity contribution in [2.45, 2.75) is 19.9 Å². The Hall–Kier alpha value is -2.95. The molecule has 0 spiro atoms. The summed E-state index contributed by atoms with van der Waals surface area (Å²) >= 11 is 0. The minimum Gasteiger partial charge on any atom is -0.385 e. The van der Waals surface area contributed by atoms with Crippen LogP contribution in [0.1, 0.15) is 24.7 Å². The molecule has 0 atom stereocenters. The van der Waals surface area contributed by atoms with Gasteiger partial charge in [-0.15, -0.1) is 5.10 Å². The summed E-state index contributed by atoms with van der Waals surface area (Å²) in [6.07, 6.45) is 2.37. The molecule has 2 aromatic rings. The first kappa shape index (κ1) is 14.5. The molecule has 0 radical (unpaired) electrons. The Bertz CT molecular complexity index is 688. The molecule has 0 aliphatic carbocycles. The molecule has 108 valence electrons. The second-order valence-corrected chi connectivity index (χ2v) is 4.40. The van der Waals surface area contributed by atoms with Crippen LogP contribution in [0.4, 0.5) is 11.4 Å². The summed E-state index contributed by atoms with van der Waals surface area (Å²) < 4.78 is 1.48. The lowest BCUT2D eigenvalue weighted by Crippen LogP contribution is -2.08. The first-order chi connectivity index (χ1) is 10.1. The van der Waals surface area contributed by atoms with Gasteiger partial charge in [-0.25, -0.2) is 9.67 Å². The molecule has 0 aliphatic heterocycles. The Morgan fingerprint density at radius 3 is 2.95 bits per heavy atom. The van der Waals surface area contributed by atoms with Crippen molar-refractivity contribution in [2.24, 2.45) is 0 Å². The smallest absolute Gasteiger partial charge is 0.269 e. The minimum atomic E-state index is -0.435. The third-order valence-electron chi connectivity index (χ3n) is 2.83. The SMILES string of the molecule is CCCNc1ccc([N+](=O)[O-])cc1Cn1cnc(C#N)n1. The number of rotatable bonds is 6. The van der Waals surface area contributed by atoms with Gasteiger partial charge in [0.15, 0.2) is 0 Å². The molecule has 0 amide bonds. The Balaban J connectivity index is 2.30. The lowest BCUT2D eigenvalue weighted by molar-refractivity contribution is -0.384. The van der Waals surface area contributed by atoms with Crippen LogP contribution in [-0.4, -0.2) is 26.2 Å². The number of nitriles is 1. The van der Waals surface area contributed by atoms with Crippen molar-refractivity contribution < 1.29 is 4.92 Å². The summed E-state index contributed by atoms with van der Waals surface area (Å²) in [6.45, 7) is 3.11. The van der Waals surface area contributed by atoms with Crippen molar-refractivity contribution in [1.82, 2.24) is 14.8 Å². The number of nitrogens with zero attached hydrogens (tertiary/aromatic N) is 5. The predicted molar refractivity (Wildman–Crippen MR) is 75.7 cm³/mol. The number of non-ortho nitro benzene ring substituents is 1. The zero-order chi connectivity index (χ0) is 15.2. The molecule has 8 nitrogen and oxygen atoms in total. The molecule has 0 bridgehead atoms. The summed E-state index contributed by atoms with van der Waals surface area (Å²) in [5, 5.41) is 26.8. The van der Waals surface area contributed by atoms with E-state index in [9.17, 15) is 10.1 Å². The molecule has 21 heavy (non-hydrogen) atoms. The monoisotopic (exact) mass is 286 g/mol. The fraction of sp³-hybridized carbons (Fsp3) is 0.308. The van der Waals surface area contributed by atoms with E-state index in [-0.39, 0.29) is 11.5 Å². The number of nitro benzene ring substituents is 1. The molecule has 0 fully saturated rings. The Morgan fingerprint density at radius 1 is 1.52 bits per heavy atom. The van der Waals surface area contributed by atoms with Gasteiger partial charge >= 0.3 is 0 Å². The number of hydrogen-bond donors (Lipinski definition) is 1. The molecule has 1 N–H and O–H groups in total. The maximum Gasteiger partial charge on any atom is 0.269 e. The van der Waals surface area contributed by atoms with Crippen LogP contribution >= 0.6 is 0 Å². The van der Waals surface area contributed by atoms with Crippen LogP contribution in [0.15, 0.2) is 24.5 Å². The van der Waals surface area contributed by atoms with Gasteiger partial charge in [0.2, 0.25) is 0 Å². The molecular formula is C13H14N6O2. The predicted octanol–water partition coefficient (Wildman–Crippen LogP) is 1.93. The molecule has 2 rings (SSSR count). The van der Waals surface area contributed by atoms with Gasteiger partial charge in [-0.05, 0) is 12.5 Å². The lowest BCUT2D eigenvalue weighted by Gasteiger charge is -2.11. The molecule has 0 aliphatic rings. The highest BCUT2D eigenvalue weighted by atomic mass is 16.6. The topological polar surface area (TPSA) is 110 Å². The molecule has 1 aromatic carbocycles. The standard InChI is InChI=1S/C13H14N6O2/c1-2-5-15-12-4-3-11(19(20)21)6-10(12)8-18-9-16-13(7-14)17-18/h3-4,6,9,15H,2,5,8H2,1H3. The highest BCUT2D eigenvalue weighted by molar-refractivity contribution is 5.56. The fourth-order valence-electron chi connectivity index (χ4n) is 1.85. The number of benzene rings is 1. The van der Waals surface area contributed by atoms with Crippen LogP contribution in [0.25, 0.3) is 0 Å². The molecule has 1 aromatic heterocycles. The van der Waals surface area contributed by atoms with Crippen LogP contribution in [0, 0.1) is 21.4 Å². The largest absolute Gasteiger partial charge is 0.385 e. The maximum absolute atomic E-state index is 10.9. The molecule has 8 heteroatoms. The Kier molecular flexibility index (Phi) is 4.46. The second-order valence-electron chi connectivity index (χ2n) is 4.40. The van der Waals surface area contributed by atoms with E-state index in [1.807, 2.05) is 13.0 Å². The van der Waals surface area contributed by atoms with Gasteiger partial charge in [-0.1, -0.05) is 6.92 Å². The average Bonchev–Trinajstić information content (AvgIpc) is 2.93. The van der Waals surface area contributed by atoms with E-state index in [1.165, 1.54) is 23.1 Å². The highest BCUT2D eigenvalue weighted by Crippen LogP contribution is 2.23. The zero-order valence-electron chi connectivity index (χ0n) is 11.5. The number of hydrogen-bond acceptors (Lipinski definition) is 6. The van der Waals surface area contributed by atoms with Crippen LogP contribution < -0.4 is 5.32 Å². The number of nitrogens with one attached hydrogen (secondary N) is 1. The molecule has 0 saturated carbocycles. The quantitative estimate of drug-likeness (QED) is 0.641. The van der Waals surface area contributed by atoms with Crippen molar-refractivity contribution in [3.8, 4) is 6.07 Å². The van der Waals surface area contributed by atoms with Gasteiger partial charge in [0.05, 0.1) is 11.5 Å². The van der Waals surface area contributed by atoms with Crippen LogP contribution in [0.5, 0.6) is 0 Å². The average molecular weight is 286 g/mol. The molecule has 1 heterocycles. The van der Waals surface area contributed by atoms with Gasteiger partial charge in [-0.3, -0.25) is 10.1 Å². The Labute approximate surface area is 121 Å². The van der Waals surface area contributed by atoms with Crippen molar-refractivity contribution in [3.63, 3.8) is 0 Å². The second kappa shape index (κ2) is 6.47. The molecule has 0 unspecified atom stereocenters. The molecular weight excluding hydrogens is 272 g/mol. The molecule has 0 saturated heterocycles. The Morgan fingerprint density at radius 2 is 2.33 bits per heavy atom. The van der Waals surface area contributed by atoms with E-state index in [4.69, 9.17) is 5.26 Å². The first-order valence-corrected chi connectivity index (χ1v) is 6.44. The number of nitro groups is 1. The summed E-state index contributed by atoms with van der Waals surface area (Å²) in [5.41, 5.74) is 1.57. The third-order valence-corrected chi connectivity index (χ3v) is 2.83. The van der Waals surface area contributed by atoms with Crippen molar-refractivity contribution in [1.29, 1.82) is 5.26 Å². The van der Waals surface area contributed by atoms with Crippen molar-refractivity contribution >= 4 is 11.4 Å². The third kappa shape index (κ3) is 3.54. The van der Waals surface area contributed by atoms with Gasteiger partial charge < -0.3 is 5.32 Å². The van der Waals surface area contributed by atoms with E-state index >= 15 is 0 Å². The van der Waals surface area contributed by atoms with Crippen molar-refractivity contribution in [3.05, 3.63) is 46.0 Å². The van der Waals surface area contributed by atoms with E-state index in [1.54, 1.807) is 6.07 Å². The summed E-state index contributed by atoms with van der Waals surface area (Å²) in [5.74, 6) is 0.0727. The van der Waals surface area contributed by atoms with Crippen LogP contribution in [0.2, 0.25) is 0 Å². The summed E-state index contributed by atoms with van der Waals surface area (Å²) in [7, 11) is 0. The summed E-state index contributed by atoms with van der Waals surface area (Å²) in [4.78, 5) is 14.3. The van der Waals surface area contributed by atoms with Crippen LogP contribution in [-0.2, 0) is 6.54 Å². The van der Waals surface area contributed by atoms with Gasteiger partial charge in [-0.2, -0.15) is 5.26 Å². The lowest BCUT2D eigenvalue weighted by atomic mass is 10.1. The van der Waals surface area contributed by atoms with Crippen LogP contribution in [0.3, 0.4) is 0 Å². The number of aromatic nitrogens is 3. The first-order valence-electron chi connectivity index (χ1n) is 6.44. The normalized spacial score (nSPS) is 10.1. The van der Waals surface area contributed by atoms with Gasteiger partial charge in [0.1, 0.15) is 12.4 Å².